The number of unbranched alkanes of at least 4 members (excludes halogenated alkanes) is 1. The molecule has 0 aliphatic heterocycles. The first-order chi connectivity index (χ1) is 8.35. The number of amides is 1. The van der Waals surface area contributed by atoms with Crippen LogP contribution in [0.25, 0.3) is 0 Å². The Hall–Kier alpha value is 1.08. The maximum atomic E-state index is 11.3. The molecule has 0 aromatic rings. The summed E-state index contributed by atoms with van der Waals surface area (Å²) in [6.45, 7) is -0.0491. The molecule has 0 rings (SSSR count). The first-order valence-corrected chi connectivity index (χ1v) is 8.61. The van der Waals surface area contributed by atoms with E-state index in [1.165, 1.54) is 0 Å². The van der Waals surface area contributed by atoms with Crippen LogP contribution in [0, 0.1) is 0 Å². The second-order valence-electron chi connectivity index (χ2n) is 4.05. The summed E-state index contributed by atoms with van der Waals surface area (Å²) in [6, 6.07) is 0. The topological polar surface area (TPSA) is 83.5 Å². The molecule has 5 nitrogen and oxygen atoms in total. The zero-order chi connectivity index (χ0) is 14.0. The van der Waals surface area contributed by atoms with Crippen molar-refractivity contribution in [1.29, 1.82) is 0 Å². The van der Waals surface area contributed by atoms with Crippen LogP contribution in [0.5, 0.6) is 0 Å². The molecule has 0 saturated carbocycles. The first kappa shape index (κ1) is 22.4. The molecule has 0 saturated heterocycles. The minimum Gasteiger partial charge on any atom is -1.00 e. The van der Waals surface area contributed by atoms with Gasteiger partial charge in [-0.3, -0.25) is 9.35 Å². The Bertz CT molecular complexity index is 343. The van der Waals surface area contributed by atoms with Gasteiger partial charge in [-0.15, -0.1) is 0 Å². The number of carbonyl (C=O) groups is 1. The molecule has 0 aromatic carbocycles. The molecular weight excluding hydrogens is 317 g/mol. The van der Waals surface area contributed by atoms with Gasteiger partial charge in [0.2, 0.25) is 5.91 Å². The van der Waals surface area contributed by atoms with Crippen LogP contribution in [0.3, 0.4) is 0 Å². The third kappa shape index (κ3) is 17.0. The molecule has 0 aromatic heterocycles. The van der Waals surface area contributed by atoms with Crippen molar-refractivity contribution < 1.29 is 48.7 Å². The van der Waals surface area contributed by atoms with Crippen LogP contribution >= 0.6 is 25.3 Å². The molecule has 1 unspecified atom stereocenters. The molecule has 2 N–H and O–H groups in total. The minimum absolute atomic E-state index is 0. The van der Waals surface area contributed by atoms with E-state index in [0.717, 1.165) is 31.4 Å². The van der Waals surface area contributed by atoms with E-state index in [9.17, 15) is 13.2 Å². The second-order valence-corrected chi connectivity index (χ2v) is 6.80. The standard InChI is InChI=1S/C10H21NO4S3.Na.H/c12-10(11-6-8-18(13,14)15)4-2-1-3-9(17)5-7-16;;/h9,16-17H,1-8H2,(H,11,12)(H,13,14,15);;/q;+1;-1. The van der Waals surface area contributed by atoms with Crippen molar-refractivity contribution in [2.45, 2.75) is 37.4 Å². The molecule has 1 atom stereocenters. The number of nitrogens with one attached hydrogen (secondary N) is 1. The fourth-order valence-electron chi connectivity index (χ4n) is 1.37. The van der Waals surface area contributed by atoms with Crippen molar-refractivity contribution in [3.05, 3.63) is 0 Å². The summed E-state index contributed by atoms with van der Waals surface area (Å²) in [5.74, 6) is 0.174. The summed E-state index contributed by atoms with van der Waals surface area (Å²) in [4.78, 5) is 11.3. The van der Waals surface area contributed by atoms with Crippen molar-refractivity contribution in [3.63, 3.8) is 0 Å². The van der Waals surface area contributed by atoms with Gasteiger partial charge in [-0.2, -0.15) is 33.7 Å². The monoisotopic (exact) mass is 339 g/mol. The van der Waals surface area contributed by atoms with Gasteiger partial charge in [-0.1, -0.05) is 6.42 Å². The number of carbonyl (C=O) groups excluding carboxylic acids is 1. The Balaban J connectivity index is -0.00000144. The summed E-state index contributed by atoms with van der Waals surface area (Å²) in [7, 11) is -3.99. The maximum Gasteiger partial charge on any atom is 1.00 e. The van der Waals surface area contributed by atoms with Gasteiger partial charge in [-0.05, 0) is 25.0 Å². The number of rotatable bonds is 10. The summed E-state index contributed by atoms with van der Waals surface area (Å²) >= 11 is 8.50. The second kappa shape index (κ2) is 12.8. The quantitative estimate of drug-likeness (QED) is 0.165. The fourth-order valence-corrected chi connectivity index (χ4v) is 2.55. The van der Waals surface area contributed by atoms with Gasteiger partial charge in [0.1, 0.15) is 0 Å². The number of thiol groups is 2. The molecule has 0 fully saturated rings. The summed E-state index contributed by atoms with van der Waals surface area (Å²) < 4.78 is 29.3. The molecule has 0 heterocycles. The largest absolute Gasteiger partial charge is 1.00 e. The van der Waals surface area contributed by atoms with Gasteiger partial charge in [-0.25, -0.2) is 0 Å². The van der Waals surface area contributed by atoms with Gasteiger partial charge < -0.3 is 6.74 Å². The van der Waals surface area contributed by atoms with Crippen molar-refractivity contribution >= 4 is 41.3 Å². The predicted octanol–water partition coefficient (Wildman–Crippen LogP) is -1.71. The minimum atomic E-state index is -3.99. The third-order valence-electron chi connectivity index (χ3n) is 2.34. The Morgan fingerprint density at radius 3 is 2.47 bits per heavy atom. The normalized spacial score (nSPS) is 12.6. The zero-order valence-corrected chi connectivity index (χ0v) is 15.8. The van der Waals surface area contributed by atoms with Crippen LogP contribution in [0.4, 0.5) is 0 Å². The van der Waals surface area contributed by atoms with Crippen LogP contribution in [-0.2, 0) is 14.9 Å². The van der Waals surface area contributed by atoms with E-state index in [-0.39, 0.29) is 43.4 Å². The SMILES string of the molecule is O=C(CCCCC(S)CCS)NCCS(=O)(=O)O.[H-].[Na+]. The van der Waals surface area contributed by atoms with Crippen LogP contribution in [0.1, 0.15) is 33.5 Å². The van der Waals surface area contributed by atoms with E-state index in [1.807, 2.05) is 0 Å². The maximum absolute atomic E-state index is 11.3. The predicted molar refractivity (Wildman–Crippen MR) is 80.2 cm³/mol. The van der Waals surface area contributed by atoms with Gasteiger partial charge in [0.15, 0.2) is 0 Å². The van der Waals surface area contributed by atoms with Crippen LogP contribution < -0.4 is 34.9 Å². The molecule has 110 valence electrons. The van der Waals surface area contributed by atoms with Crippen molar-refractivity contribution in [2.24, 2.45) is 0 Å². The molecule has 0 spiro atoms. The Morgan fingerprint density at radius 1 is 1.32 bits per heavy atom. The Morgan fingerprint density at radius 2 is 1.95 bits per heavy atom. The van der Waals surface area contributed by atoms with Crippen molar-refractivity contribution in [2.75, 3.05) is 18.1 Å². The van der Waals surface area contributed by atoms with Crippen molar-refractivity contribution in [3.8, 4) is 0 Å². The number of hydrogen-bond donors (Lipinski definition) is 4. The first-order valence-electron chi connectivity index (χ1n) is 5.86. The molecule has 0 radical (unpaired) electrons. The van der Waals surface area contributed by atoms with E-state index in [2.05, 4.69) is 30.6 Å². The molecule has 9 heteroatoms. The van der Waals surface area contributed by atoms with E-state index in [4.69, 9.17) is 4.55 Å². The average molecular weight is 339 g/mol. The van der Waals surface area contributed by atoms with Crippen molar-refractivity contribution in [1.82, 2.24) is 5.32 Å². The van der Waals surface area contributed by atoms with E-state index in [0.29, 0.717) is 11.7 Å². The van der Waals surface area contributed by atoms with Gasteiger partial charge in [0, 0.05) is 18.2 Å². The summed E-state index contributed by atoms with van der Waals surface area (Å²) in [6.07, 6.45) is 3.93. The third-order valence-corrected chi connectivity index (χ3v) is 3.83. The number of hydrogen-bond acceptors (Lipinski definition) is 5. The van der Waals surface area contributed by atoms with Gasteiger partial charge in [0.05, 0.1) is 5.75 Å². The molecule has 1 amide bonds. The van der Waals surface area contributed by atoms with Crippen LogP contribution in [0.15, 0.2) is 0 Å². The molecule has 0 aliphatic rings. The van der Waals surface area contributed by atoms with E-state index >= 15 is 0 Å². The summed E-state index contributed by atoms with van der Waals surface area (Å²) in [5, 5.41) is 2.77. The summed E-state index contributed by atoms with van der Waals surface area (Å²) in [5.41, 5.74) is 0. The van der Waals surface area contributed by atoms with Crippen LogP contribution in [-0.4, -0.2) is 42.2 Å². The van der Waals surface area contributed by atoms with E-state index in [1.54, 1.807) is 0 Å². The van der Waals surface area contributed by atoms with Crippen LogP contribution in [0.2, 0.25) is 0 Å². The van der Waals surface area contributed by atoms with E-state index < -0.39 is 15.9 Å². The molecule has 0 aliphatic carbocycles. The average Bonchev–Trinajstić information content (AvgIpc) is 2.23. The van der Waals surface area contributed by atoms with Gasteiger partial charge in [0.25, 0.3) is 10.1 Å². The Labute approximate surface area is 150 Å². The molecule has 0 bridgehead atoms. The van der Waals surface area contributed by atoms with Gasteiger partial charge >= 0.3 is 29.6 Å². The zero-order valence-electron chi connectivity index (χ0n) is 12.2. The smallest absolute Gasteiger partial charge is 1.00 e. The molecule has 19 heavy (non-hydrogen) atoms. The fraction of sp³-hybridized carbons (Fsp3) is 0.900. The molecular formula is C10H22NNaO4S3. The Kier molecular flexibility index (Phi) is 15.1.